The van der Waals surface area contributed by atoms with Gasteiger partial charge in [0.15, 0.2) is 9.84 Å². The summed E-state index contributed by atoms with van der Waals surface area (Å²) in [6.45, 7) is 0.185. The molecule has 1 aromatic rings. The highest BCUT2D eigenvalue weighted by atomic mass is 32.2. The lowest BCUT2D eigenvalue weighted by atomic mass is 10.4. The van der Waals surface area contributed by atoms with Crippen LogP contribution in [0.25, 0.3) is 0 Å². The van der Waals surface area contributed by atoms with E-state index in [-0.39, 0.29) is 23.4 Å². The first-order valence-corrected chi connectivity index (χ1v) is 9.58. The summed E-state index contributed by atoms with van der Waals surface area (Å²) in [6.07, 6.45) is 4.84. The van der Waals surface area contributed by atoms with Crippen molar-refractivity contribution in [3.05, 3.63) is 36.2 Å². The molecular formula is C15H20FNO2S2. The molecule has 1 aliphatic rings. The summed E-state index contributed by atoms with van der Waals surface area (Å²) >= 11 is 1.33. The van der Waals surface area contributed by atoms with E-state index in [1.165, 1.54) is 17.8 Å². The molecule has 116 valence electrons. The van der Waals surface area contributed by atoms with Gasteiger partial charge in [-0.3, -0.25) is 0 Å². The Labute approximate surface area is 129 Å². The Morgan fingerprint density at radius 3 is 2.48 bits per heavy atom. The van der Waals surface area contributed by atoms with Crippen molar-refractivity contribution in [3.8, 4) is 0 Å². The van der Waals surface area contributed by atoms with Crippen molar-refractivity contribution < 1.29 is 12.8 Å². The summed E-state index contributed by atoms with van der Waals surface area (Å²) in [6, 6.07) is 6.73. The van der Waals surface area contributed by atoms with Crippen molar-refractivity contribution in [2.75, 3.05) is 12.3 Å². The normalized spacial score (nSPS) is 17.3. The first kappa shape index (κ1) is 16.5. The lowest BCUT2D eigenvalue weighted by Crippen LogP contribution is -2.17. The van der Waals surface area contributed by atoms with Crippen LogP contribution in [0.5, 0.6) is 0 Å². The summed E-state index contributed by atoms with van der Waals surface area (Å²) in [5.41, 5.74) is 5.23. The van der Waals surface area contributed by atoms with Gasteiger partial charge in [0, 0.05) is 17.2 Å². The second-order valence-electron chi connectivity index (χ2n) is 5.10. The average Bonchev–Trinajstić information content (AvgIpc) is 3.01. The van der Waals surface area contributed by atoms with E-state index >= 15 is 0 Å². The van der Waals surface area contributed by atoms with Crippen LogP contribution in [0, 0.1) is 0 Å². The number of halogens is 1. The lowest BCUT2D eigenvalue weighted by molar-refractivity contribution is 0.579. The van der Waals surface area contributed by atoms with E-state index in [9.17, 15) is 12.8 Å². The number of rotatable bonds is 6. The minimum absolute atomic E-state index is 0.185. The molecular weight excluding hydrogens is 309 g/mol. The van der Waals surface area contributed by atoms with Crippen LogP contribution < -0.4 is 5.73 Å². The molecule has 1 aromatic carbocycles. The van der Waals surface area contributed by atoms with Gasteiger partial charge in [-0.25, -0.2) is 12.8 Å². The minimum atomic E-state index is -3.21. The molecule has 0 unspecified atom stereocenters. The zero-order valence-electron chi connectivity index (χ0n) is 11.8. The van der Waals surface area contributed by atoms with E-state index in [0.29, 0.717) is 4.90 Å². The van der Waals surface area contributed by atoms with Gasteiger partial charge in [-0.1, -0.05) is 12.8 Å². The SMILES string of the molecule is NCC=C(F)CSc1ccc(S(=O)(=O)C2CCCC2)cc1. The third kappa shape index (κ3) is 4.31. The van der Waals surface area contributed by atoms with Crippen LogP contribution in [0.4, 0.5) is 4.39 Å². The van der Waals surface area contributed by atoms with Crippen LogP contribution in [0.2, 0.25) is 0 Å². The smallest absolute Gasteiger partial charge is 0.181 e. The van der Waals surface area contributed by atoms with E-state index in [0.717, 1.165) is 30.6 Å². The maximum Gasteiger partial charge on any atom is 0.181 e. The molecule has 2 N–H and O–H groups in total. The molecule has 1 saturated carbocycles. The number of benzene rings is 1. The molecule has 0 atom stereocenters. The topological polar surface area (TPSA) is 60.2 Å². The summed E-state index contributed by atoms with van der Waals surface area (Å²) in [4.78, 5) is 1.22. The molecule has 0 aromatic heterocycles. The van der Waals surface area contributed by atoms with E-state index in [4.69, 9.17) is 5.73 Å². The first-order chi connectivity index (χ1) is 10.0. The zero-order chi connectivity index (χ0) is 15.3. The van der Waals surface area contributed by atoms with E-state index in [1.54, 1.807) is 24.3 Å². The van der Waals surface area contributed by atoms with Crippen LogP contribution in [0.1, 0.15) is 25.7 Å². The van der Waals surface area contributed by atoms with E-state index < -0.39 is 9.84 Å². The molecule has 21 heavy (non-hydrogen) atoms. The van der Waals surface area contributed by atoms with Crippen molar-refractivity contribution in [3.63, 3.8) is 0 Å². The molecule has 2 rings (SSSR count). The zero-order valence-corrected chi connectivity index (χ0v) is 13.4. The number of hydrogen-bond donors (Lipinski definition) is 1. The predicted octanol–water partition coefficient (Wildman–Crippen LogP) is 3.31. The van der Waals surface area contributed by atoms with Crippen molar-refractivity contribution in [2.45, 2.75) is 40.7 Å². The highest BCUT2D eigenvalue weighted by Crippen LogP contribution is 2.30. The maximum absolute atomic E-state index is 13.2. The van der Waals surface area contributed by atoms with Crippen LogP contribution in [0.15, 0.2) is 46.0 Å². The average molecular weight is 329 g/mol. The molecule has 6 heteroatoms. The Kier molecular flexibility index (Phi) is 5.84. The molecule has 3 nitrogen and oxygen atoms in total. The third-order valence-corrected chi connectivity index (χ3v) is 6.91. The van der Waals surface area contributed by atoms with Gasteiger partial charge in [-0.2, -0.15) is 0 Å². The van der Waals surface area contributed by atoms with Crippen LogP contribution in [-0.4, -0.2) is 26.0 Å². The van der Waals surface area contributed by atoms with Crippen molar-refractivity contribution in [1.29, 1.82) is 0 Å². The predicted molar refractivity (Wildman–Crippen MR) is 84.9 cm³/mol. The second-order valence-corrected chi connectivity index (χ2v) is 8.38. The highest BCUT2D eigenvalue weighted by Gasteiger charge is 2.29. The summed E-state index contributed by atoms with van der Waals surface area (Å²) in [5, 5.41) is -0.235. The fourth-order valence-corrected chi connectivity index (χ4v) is 5.06. The monoisotopic (exact) mass is 329 g/mol. The van der Waals surface area contributed by atoms with Gasteiger partial charge in [0.25, 0.3) is 0 Å². The molecule has 0 amide bonds. The number of sulfone groups is 1. The lowest BCUT2D eigenvalue weighted by Gasteiger charge is -2.11. The highest BCUT2D eigenvalue weighted by molar-refractivity contribution is 7.99. The van der Waals surface area contributed by atoms with Gasteiger partial charge < -0.3 is 5.73 Å². The number of thioether (sulfide) groups is 1. The molecule has 1 aliphatic carbocycles. The largest absolute Gasteiger partial charge is 0.327 e. The molecule has 0 spiro atoms. The van der Waals surface area contributed by atoms with E-state index in [2.05, 4.69) is 0 Å². The fourth-order valence-electron chi connectivity index (χ4n) is 2.46. The molecule has 0 bridgehead atoms. The van der Waals surface area contributed by atoms with Gasteiger partial charge in [-0.15, -0.1) is 11.8 Å². The van der Waals surface area contributed by atoms with Gasteiger partial charge >= 0.3 is 0 Å². The Morgan fingerprint density at radius 1 is 1.29 bits per heavy atom. The van der Waals surface area contributed by atoms with Crippen molar-refractivity contribution in [2.24, 2.45) is 5.73 Å². The third-order valence-electron chi connectivity index (χ3n) is 3.61. The Morgan fingerprint density at radius 2 is 1.90 bits per heavy atom. The second kappa shape index (κ2) is 7.42. The summed E-state index contributed by atoms with van der Waals surface area (Å²) in [7, 11) is -3.21. The Bertz CT molecular complexity index is 591. The fraction of sp³-hybridized carbons (Fsp3) is 0.467. The Hall–Kier alpha value is -0.850. The van der Waals surface area contributed by atoms with Crippen LogP contribution in [-0.2, 0) is 9.84 Å². The standard InChI is InChI=1S/C15H20FNO2S2/c16-12(9-10-17)11-20-13-5-7-15(8-6-13)21(18,19)14-3-1-2-4-14/h5-9,14H,1-4,10-11,17H2. The molecule has 0 heterocycles. The maximum atomic E-state index is 13.2. The van der Waals surface area contributed by atoms with Crippen LogP contribution in [0.3, 0.4) is 0 Å². The van der Waals surface area contributed by atoms with Gasteiger partial charge in [0.1, 0.15) is 5.83 Å². The molecule has 0 aliphatic heterocycles. The van der Waals surface area contributed by atoms with Gasteiger partial charge in [0.05, 0.1) is 10.1 Å². The number of hydrogen-bond acceptors (Lipinski definition) is 4. The molecule has 0 saturated heterocycles. The summed E-state index contributed by atoms with van der Waals surface area (Å²) in [5.74, 6) is -0.0449. The Balaban J connectivity index is 2.03. The molecule has 1 fully saturated rings. The van der Waals surface area contributed by atoms with E-state index in [1.807, 2.05) is 0 Å². The molecule has 0 radical (unpaired) electrons. The first-order valence-electron chi connectivity index (χ1n) is 7.05. The quantitative estimate of drug-likeness (QED) is 0.814. The number of nitrogens with two attached hydrogens (primary N) is 1. The van der Waals surface area contributed by atoms with Gasteiger partial charge in [0.2, 0.25) is 0 Å². The van der Waals surface area contributed by atoms with Gasteiger partial charge in [-0.05, 0) is 43.2 Å². The van der Waals surface area contributed by atoms with Crippen molar-refractivity contribution >= 4 is 21.6 Å². The summed E-state index contributed by atoms with van der Waals surface area (Å²) < 4.78 is 38.0. The van der Waals surface area contributed by atoms with Crippen molar-refractivity contribution in [1.82, 2.24) is 0 Å². The minimum Gasteiger partial charge on any atom is -0.327 e. The van der Waals surface area contributed by atoms with Crippen LogP contribution >= 0.6 is 11.8 Å².